The minimum absolute atomic E-state index is 0.0170. The first kappa shape index (κ1) is 12.8. The van der Waals surface area contributed by atoms with Gasteiger partial charge >= 0.3 is 0 Å². The third-order valence-corrected chi connectivity index (χ3v) is 3.05. The molecule has 0 saturated heterocycles. The Balaban J connectivity index is 2.51. The van der Waals surface area contributed by atoms with Crippen molar-refractivity contribution in [2.75, 3.05) is 0 Å². The predicted octanol–water partition coefficient (Wildman–Crippen LogP) is 4.27. The molecular weight excluding hydrogens is 251 g/mol. The molecular formula is C15H12ClFO. The van der Waals surface area contributed by atoms with E-state index in [0.717, 1.165) is 12.0 Å². The summed E-state index contributed by atoms with van der Waals surface area (Å²) in [6, 6.07) is 11.2. The van der Waals surface area contributed by atoms with Crippen LogP contribution >= 0.6 is 11.6 Å². The molecule has 92 valence electrons. The molecule has 0 bridgehead atoms. The van der Waals surface area contributed by atoms with E-state index >= 15 is 0 Å². The molecule has 0 unspecified atom stereocenters. The van der Waals surface area contributed by atoms with Crippen molar-refractivity contribution < 1.29 is 9.18 Å². The van der Waals surface area contributed by atoms with Crippen molar-refractivity contribution in [2.45, 2.75) is 13.3 Å². The molecule has 0 aromatic heterocycles. The number of hydrogen-bond donors (Lipinski definition) is 0. The van der Waals surface area contributed by atoms with Crippen LogP contribution in [-0.4, -0.2) is 5.78 Å². The van der Waals surface area contributed by atoms with E-state index in [1.54, 1.807) is 12.1 Å². The van der Waals surface area contributed by atoms with Gasteiger partial charge in [0.25, 0.3) is 0 Å². The van der Waals surface area contributed by atoms with Crippen molar-refractivity contribution in [3.8, 4) is 0 Å². The number of ketones is 1. The fourth-order valence-corrected chi connectivity index (χ4v) is 2.04. The molecule has 0 spiro atoms. The number of halogens is 2. The van der Waals surface area contributed by atoms with Crippen LogP contribution in [-0.2, 0) is 6.42 Å². The summed E-state index contributed by atoms with van der Waals surface area (Å²) in [5.41, 5.74) is 1.45. The van der Waals surface area contributed by atoms with E-state index in [2.05, 4.69) is 0 Å². The SMILES string of the molecule is CCc1ccccc1C(=O)c1cc(Cl)ccc1F. The summed E-state index contributed by atoms with van der Waals surface area (Å²) in [5.74, 6) is -0.872. The Kier molecular flexibility index (Phi) is 3.78. The number of rotatable bonds is 3. The third-order valence-electron chi connectivity index (χ3n) is 2.82. The van der Waals surface area contributed by atoms with Crippen LogP contribution in [0, 0.1) is 5.82 Å². The van der Waals surface area contributed by atoms with Crippen LogP contribution in [0.15, 0.2) is 42.5 Å². The first-order chi connectivity index (χ1) is 8.63. The largest absolute Gasteiger partial charge is 0.288 e. The maximum Gasteiger partial charge on any atom is 0.196 e. The monoisotopic (exact) mass is 262 g/mol. The number of aryl methyl sites for hydroxylation is 1. The third kappa shape index (κ3) is 2.44. The van der Waals surface area contributed by atoms with Gasteiger partial charge in [-0.1, -0.05) is 42.8 Å². The predicted molar refractivity (Wildman–Crippen MR) is 70.7 cm³/mol. The molecule has 2 aromatic carbocycles. The van der Waals surface area contributed by atoms with Gasteiger partial charge in [0.05, 0.1) is 5.56 Å². The van der Waals surface area contributed by atoms with E-state index in [1.165, 1.54) is 18.2 Å². The van der Waals surface area contributed by atoms with Crippen LogP contribution in [0.3, 0.4) is 0 Å². The van der Waals surface area contributed by atoms with Crippen molar-refractivity contribution in [1.29, 1.82) is 0 Å². The Bertz CT molecular complexity index is 593. The van der Waals surface area contributed by atoms with Crippen LogP contribution < -0.4 is 0 Å². The zero-order valence-corrected chi connectivity index (χ0v) is 10.7. The maximum atomic E-state index is 13.7. The molecule has 0 atom stereocenters. The average Bonchev–Trinajstić information content (AvgIpc) is 2.40. The first-order valence-corrected chi connectivity index (χ1v) is 6.09. The minimum Gasteiger partial charge on any atom is -0.288 e. The first-order valence-electron chi connectivity index (χ1n) is 5.71. The van der Waals surface area contributed by atoms with Crippen LogP contribution in [0.25, 0.3) is 0 Å². The number of hydrogen-bond acceptors (Lipinski definition) is 1. The van der Waals surface area contributed by atoms with Crippen LogP contribution in [0.4, 0.5) is 4.39 Å². The van der Waals surface area contributed by atoms with Gasteiger partial charge in [-0.05, 0) is 30.2 Å². The van der Waals surface area contributed by atoms with E-state index in [4.69, 9.17) is 11.6 Å². The quantitative estimate of drug-likeness (QED) is 0.755. The molecule has 2 aromatic rings. The zero-order valence-electron chi connectivity index (χ0n) is 9.91. The smallest absolute Gasteiger partial charge is 0.196 e. The lowest BCUT2D eigenvalue weighted by molar-refractivity contribution is 0.103. The van der Waals surface area contributed by atoms with E-state index in [9.17, 15) is 9.18 Å². The van der Waals surface area contributed by atoms with Gasteiger partial charge < -0.3 is 0 Å². The molecule has 18 heavy (non-hydrogen) atoms. The highest BCUT2D eigenvalue weighted by molar-refractivity contribution is 6.31. The Hall–Kier alpha value is -1.67. The fraction of sp³-hybridized carbons (Fsp3) is 0.133. The van der Waals surface area contributed by atoms with Crippen molar-refractivity contribution >= 4 is 17.4 Å². The highest BCUT2D eigenvalue weighted by Gasteiger charge is 2.16. The van der Waals surface area contributed by atoms with Gasteiger partial charge in [0.1, 0.15) is 5.82 Å². The van der Waals surface area contributed by atoms with Gasteiger partial charge in [-0.2, -0.15) is 0 Å². The summed E-state index contributed by atoms with van der Waals surface area (Å²) in [5, 5.41) is 0.355. The second-order valence-electron chi connectivity index (χ2n) is 3.96. The fourth-order valence-electron chi connectivity index (χ4n) is 1.87. The highest BCUT2D eigenvalue weighted by atomic mass is 35.5. The Morgan fingerprint density at radius 2 is 1.89 bits per heavy atom. The number of carbonyl (C=O) groups is 1. The van der Waals surface area contributed by atoms with Gasteiger partial charge in [-0.3, -0.25) is 4.79 Å². The summed E-state index contributed by atoms with van der Waals surface area (Å²) < 4.78 is 13.7. The molecule has 3 heteroatoms. The summed E-state index contributed by atoms with van der Waals surface area (Å²) >= 11 is 5.80. The lowest BCUT2D eigenvalue weighted by Gasteiger charge is -2.07. The zero-order chi connectivity index (χ0) is 13.1. The lowest BCUT2D eigenvalue weighted by Crippen LogP contribution is -2.07. The summed E-state index contributed by atoms with van der Waals surface area (Å²) in [4.78, 5) is 12.3. The standard InChI is InChI=1S/C15H12ClFO/c1-2-10-5-3-4-6-12(10)15(18)13-9-11(16)7-8-14(13)17/h3-9H,2H2,1H3. The van der Waals surface area contributed by atoms with Crippen molar-refractivity contribution in [3.05, 3.63) is 70.0 Å². The molecule has 0 aliphatic rings. The van der Waals surface area contributed by atoms with Crippen LogP contribution in [0.2, 0.25) is 5.02 Å². The van der Waals surface area contributed by atoms with E-state index < -0.39 is 5.82 Å². The molecule has 0 aliphatic heterocycles. The molecule has 1 nitrogen and oxygen atoms in total. The summed E-state index contributed by atoms with van der Waals surface area (Å²) in [6.07, 6.45) is 0.726. The van der Waals surface area contributed by atoms with Gasteiger partial charge in [-0.15, -0.1) is 0 Å². The lowest BCUT2D eigenvalue weighted by atomic mass is 9.97. The molecule has 2 rings (SSSR count). The number of benzene rings is 2. The molecule has 0 saturated carbocycles. The van der Waals surface area contributed by atoms with Crippen LogP contribution in [0.1, 0.15) is 28.4 Å². The van der Waals surface area contributed by atoms with Crippen LogP contribution in [0.5, 0.6) is 0 Å². The number of carbonyl (C=O) groups excluding carboxylic acids is 1. The second kappa shape index (κ2) is 5.32. The normalized spacial score (nSPS) is 10.4. The Morgan fingerprint density at radius 1 is 1.17 bits per heavy atom. The van der Waals surface area contributed by atoms with Crippen molar-refractivity contribution in [2.24, 2.45) is 0 Å². The van der Waals surface area contributed by atoms with Gasteiger partial charge in [0, 0.05) is 10.6 Å². The van der Waals surface area contributed by atoms with Gasteiger partial charge in [-0.25, -0.2) is 4.39 Å². The summed E-state index contributed by atoms with van der Waals surface area (Å²) in [6.45, 7) is 1.96. The average molecular weight is 263 g/mol. The van der Waals surface area contributed by atoms with Crippen molar-refractivity contribution in [1.82, 2.24) is 0 Å². The minimum atomic E-state index is -0.546. The molecule has 0 amide bonds. The second-order valence-corrected chi connectivity index (χ2v) is 4.40. The van der Waals surface area contributed by atoms with Crippen molar-refractivity contribution in [3.63, 3.8) is 0 Å². The molecule has 0 radical (unpaired) electrons. The maximum absolute atomic E-state index is 13.7. The summed E-state index contributed by atoms with van der Waals surface area (Å²) in [7, 11) is 0. The molecule has 0 heterocycles. The highest BCUT2D eigenvalue weighted by Crippen LogP contribution is 2.20. The molecule has 0 aliphatic carbocycles. The van der Waals surface area contributed by atoms with Gasteiger partial charge in [0.2, 0.25) is 0 Å². The Morgan fingerprint density at radius 3 is 2.61 bits per heavy atom. The molecule has 0 N–H and O–H groups in total. The molecule has 0 fully saturated rings. The van der Waals surface area contributed by atoms with E-state index in [0.29, 0.717) is 10.6 Å². The van der Waals surface area contributed by atoms with Gasteiger partial charge in [0.15, 0.2) is 5.78 Å². The van der Waals surface area contributed by atoms with E-state index in [-0.39, 0.29) is 11.3 Å². The Labute approximate surface area is 110 Å². The van der Waals surface area contributed by atoms with E-state index in [1.807, 2.05) is 19.1 Å². The topological polar surface area (TPSA) is 17.1 Å².